The molecule has 0 unspecified atom stereocenters. The molecule has 1 heterocycles. The molecular formula is C14H17ClN2O3. The third-order valence-electron chi connectivity index (χ3n) is 3.27. The minimum Gasteiger partial charge on any atom is -0.465 e. The zero-order valence-electron chi connectivity index (χ0n) is 11.3. The van der Waals surface area contributed by atoms with E-state index in [9.17, 15) is 9.59 Å². The molecule has 1 aliphatic rings. The molecule has 0 radical (unpaired) electrons. The first kappa shape index (κ1) is 14.7. The SMILES string of the molecule is COC(=O)c1ccc(Cl)c(NC(=O)N2CCCCC2)c1. The predicted molar refractivity (Wildman–Crippen MR) is 77.2 cm³/mol. The molecule has 1 aromatic rings. The molecule has 1 saturated heterocycles. The van der Waals surface area contributed by atoms with Gasteiger partial charge < -0.3 is 15.0 Å². The second-order valence-electron chi connectivity index (χ2n) is 4.66. The summed E-state index contributed by atoms with van der Waals surface area (Å²) in [5.74, 6) is -0.463. The van der Waals surface area contributed by atoms with E-state index in [4.69, 9.17) is 11.6 Å². The first-order valence-corrected chi connectivity index (χ1v) is 6.93. The molecule has 108 valence electrons. The molecule has 20 heavy (non-hydrogen) atoms. The van der Waals surface area contributed by atoms with Crippen molar-refractivity contribution < 1.29 is 14.3 Å². The number of anilines is 1. The summed E-state index contributed by atoms with van der Waals surface area (Å²) in [7, 11) is 1.31. The van der Waals surface area contributed by atoms with E-state index in [1.807, 2.05) is 0 Å². The van der Waals surface area contributed by atoms with Gasteiger partial charge in [0.15, 0.2) is 0 Å². The lowest BCUT2D eigenvalue weighted by Crippen LogP contribution is -2.38. The maximum Gasteiger partial charge on any atom is 0.337 e. The van der Waals surface area contributed by atoms with Crippen LogP contribution >= 0.6 is 11.6 Å². The lowest BCUT2D eigenvalue weighted by Gasteiger charge is -2.27. The van der Waals surface area contributed by atoms with E-state index >= 15 is 0 Å². The van der Waals surface area contributed by atoms with Gasteiger partial charge in [-0.25, -0.2) is 9.59 Å². The molecule has 1 aromatic carbocycles. The minimum absolute atomic E-state index is 0.186. The number of carbonyl (C=O) groups excluding carboxylic acids is 2. The number of urea groups is 1. The van der Waals surface area contributed by atoms with Crippen molar-refractivity contribution in [1.29, 1.82) is 0 Å². The van der Waals surface area contributed by atoms with Crippen LogP contribution < -0.4 is 5.32 Å². The molecule has 0 atom stereocenters. The number of nitrogens with zero attached hydrogens (tertiary/aromatic N) is 1. The van der Waals surface area contributed by atoms with Gasteiger partial charge in [0.05, 0.1) is 23.4 Å². The fraction of sp³-hybridized carbons (Fsp3) is 0.429. The molecule has 0 saturated carbocycles. The number of likely N-dealkylation sites (tertiary alicyclic amines) is 1. The third-order valence-corrected chi connectivity index (χ3v) is 3.60. The second-order valence-corrected chi connectivity index (χ2v) is 5.07. The van der Waals surface area contributed by atoms with Crippen LogP contribution in [0.3, 0.4) is 0 Å². The predicted octanol–water partition coefficient (Wildman–Crippen LogP) is 3.14. The van der Waals surface area contributed by atoms with Crippen LogP contribution in [-0.2, 0) is 4.74 Å². The van der Waals surface area contributed by atoms with Crippen molar-refractivity contribution >= 4 is 29.3 Å². The Hall–Kier alpha value is -1.75. The molecule has 6 heteroatoms. The summed E-state index contributed by atoms with van der Waals surface area (Å²) in [6.07, 6.45) is 3.19. The van der Waals surface area contributed by atoms with E-state index in [0.717, 1.165) is 32.4 Å². The number of benzene rings is 1. The maximum atomic E-state index is 12.1. The number of nitrogens with one attached hydrogen (secondary N) is 1. The number of rotatable bonds is 2. The Bertz CT molecular complexity index is 513. The highest BCUT2D eigenvalue weighted by atomic mass is 35.5. The minimum atomic E-state index is -0.463. The van der Waals surface area contributed by atoms with Gasteiger partial charge in [-0.15, -0.1) is 0 Å². The Morgan fingerprint density at radius 1 is 1.25 bits per heavy atom. The Balaban J connectivity index is 2.11. The van der Waals surface area contributed by atoms with E-state index < -0.39 is 5.97 Å². The number of amides is 2. The summed E-state index contributed by atoms with van der Waals surface area (Å²) in [5.41, 5.74) is 0.774. The average Bonchev–Trinajstić information content (AvgIpc) is 2.49. The number of piperidine rings is 1. The fourth-order valence-corrected chi connectivity index (χ4v) is 2.32. The molecule has 2 amide bonds. The van der Waals surface area contributed by atoms with Gasteiger partial charge in [0.2, 0.25) is 0 Å². The van der Waals surface area contributed by atoms with Crippen LogP contribution in [0.15, 0.2) is 18.2 Å². The molecular weight excluding hydrogens is 280 g/mol. The molecule has 5 nitrogen and oxygen atoms in total. The van der Waals surface area contributed by atoms with Gasteiger partial charge in [0.1, 0.15) is 0 Å². The molecule has 2 rings (SSSR count). The van der Waals surface area contributed by atoms with Gasteiger partial charge in [-0.05, 0) is 37.5 Å². The lowest BCUT2D eigenvalue weighted by atomic mass is 10.1. The Kier molecular flexibility index (Phi) is 4.84. The Morgan fingerprint density at radius 3 is 2.60 bits per heavy atom. The van der Waals surface area contributed by atoms with Crippen LogP contribution in [0.5, 0.6) is 0 Å². The highest BCUT2D eigenvalue weighted by Crippen LogP contribution is 2.24. The lowest BCUT2D eigenvalue weighted by molar-refractivity contribution is 0.0600. The molecule has 1 aliphatic heterocycles. The quantitative estimate of drug-likeness (QED) is 0.853. The van der Waals surface area contributed by atoms with E-state index in [1.165, 1.54) is 13.2 Å². The van der Waals surface area contributed by atoms with Crippen LogP contribution in [0.25, 0.3) is 0 Å². The molecule has 0 bridgehead atoms. The zero-order chi connectivity index (χ0) is 14.5. The van der Waals surface area contributed by atoms with Crippen molar-refractivity contribution in [2.45, 2.75) is 19.3 Å². The number of hydrogen-bond donors (Lipinski definition) is 1. The van der Waals surface area contributed by atoms with Gasteiger partial charge in [0.25, 0.3) is 0 Å². The maximum absolute atomic E-state index is 12.1. The Morgan fingerprint density at radius 2 is 1.95 bits per heavy atom. The highest BCUT2D eigenvalue weighted by molar-refractivity contribution is 6.33. The van der Waals surface area contributed by atoms with Crippen molar-refractivity contribution in [1.82, 2.24) is 4.90 Å². The number of esters is 1. The first-order chi connectivity index (χ1) is 9.61. The number of ether oxygens (including phenoxy) is 1. The standard InChI is InChI=1S/C14H17ClN2O3/c1-20-13(18)10-5-6-11(15)12(9-10)16-14(19)17-7-3-2-4-8-17/h5-6,9H,2-4,7-8H2,1H3,(H,16,19). The monoisotopic (exact) mass is 296 g/mol. The molecule has 1 N–H and O–H groups in total. The van der Waals surface area contributed by atoms with Crippen LogP contribution in [0.1, 0.15) is 29.6 Å². The Labute approximate surface area is 122 Å². The van der Waals surface area contributed by atoms with Crippen molar-refractivity contribution in [3.8, 4) is 0 Å². The van der Waals surface area contributed by atoms with Crippen molar-refractivity contribution in [2.75, 3.05) is 25.5 Å². The largest absolute Gasteiger partial charge is 0.465 e. The number of methoxy groups -OCH3 is 1. The van der Waals surface area contributed by atoms with Gasteiger partial charge >= 0.3 is 12.0 Å². The first-order valence-electron chi connectivity index (χ1n) is 6.55. The number of halogens is 1. The summed E-state index contributed by atoms with van der Waals surface area (Å²) in [6.45, 7) is 1.50. The third kappa shape index (κ3) is 3.42. The van der Waals surface area contributed by atoms with E-state index in [-0.39, 0.29) is 6.03 Å². The van der Waals surface area contributed by atoms with E-state index in [2.05, 4.69) is 10.1 Å². The number of hydrogen-bond acceptors (Lipinski definition) is 3. The van der Waals surface area contributed by atoms with Gasteiger partial charge in [-0.1, -0.05) is 11.6 Å². The van der Waals surface area contributed by atoms with Crippen LogP contribution in [0.2, 0.25) is 5.02 Å². The van der Waals surface area contributed by atoms with Crippen molar-refractivity contribution in [3.63, 3.8) is 0 Å². The summed E-state index contributed by atoms with van der Waals surface area (Å²) in [6, 6.07) is 4.47. The zero-order valence-corrected chi connectivity index (χ0v) is 12.1. The van der Waals surface area contributed by atoms with Gasteiger partial charge in [-0.2, -0.15) is 0 Å². The normalized spacial score (nSPS) is 14.8. The van der Waals surface area contributed by atoms with Gasteiger partial charge in [0, 0.05) is 13.1 Å². The molecule has 0 spiro atoms. The highest BCUT2D eigenvalue weighted by Gasteiger charge is 2.18. The van der Waals surface area contributed by atoms with Crippen LogP contribution in [0.4, 0.5) is 10.5 Å². The molecule has 1 fully saturated rings. The topological polar surface area (TPSA) is 58.6 Å². The summed E-state index contributed by atoms with van der Waals surface area (Å²) >= 11 is 6.04. The summed E-state index contributed by atoms with van der Waals surface area (Å²) in [4.78, 5) is 25.3. The second kappa shape index (κ2) is 6.61. The van der Waals surface area contributed by atoms with E-state index in [1.54, 1.807) is 17.0 Å². The van der Waals surface area contributed by atoms with Crippen LogP contribution in [-0.4, -0.2) is 37.1 Å². The van der Waals surface area contributed by atoms with Crippen LogP contribution in [0, 0.1) is 0 Å². The fourth-order valence-electron chi connectivity index (χ4n) is 2.16. The smallest absolute Gasteiger partial charge is 0.337 e. The molecule has 0 aliphatic carbocycles. The van der Waals surface area contributed by atoms with E-state index in [0.29, 0.717) is 16.3 Å². The average molecular weight is 297 g/mol. The van der Waals surface area contributed by atoms with Crippen molar-refractivity contribution in [2.24, 2.45) is 0 Å². The number of carbonyl (C=O) groups is 2. The van der Waals surface area contributed by atoms with Gasteiger partial charge in [-0.3, -0.25) is 0 Å². The van der Waals surface area contributed by atoms with Crippen molar-refractivity contribution in [3.05, 3.63) is 28.8 Å². The summed E-state index contributed by atoms with van der Waals surface area (Å²) < 4.78 is 4.65. The summed E-state index contributed by atoms with van der Waals surface area (Å²) in [5, 5.41) is 3.14. The molecule has 0 aromatic heterocycles.